The molecule has 162 valence electrons. The van der Waals surface area contributed by atoms with Gasteiger partial charge in [0.15, 0.2) is 11.5 Å². The van der Waals surface area contributed by atoms with Crippen LogP contribution in [0.1, 0.15) is 15.9 Å². The zero-order valence-corrected chi connectivity index (χ0v) is 17.0. The van der Waals surface area contributed by atoms with Crippen molar-refractivity contribution in [3.05, 3.63) is 70.3 Å². The minimum absolute atomic E-state index is 0.125. The molecule has 11 nitrogen and oxygen atoms in total. The van der Waals surface area contributed by atoms with E-state index < -0.39 is 10.8 Å². The molecule has 0 radical (unpaired) electrons. The molecule has 0 aliphatic carbocycles. The van der Waals surface area contributed by atoms with Gasteiger partial charge in [-0.2, -0.15) is 5.10 Å². The second kappa shape index (κ2) is 10.2. The molecule has 0 atom stereocenters. The molecule has 0 fully saturated rings. The Labute approximate surface area is 177 Å². The molecule has 0 bridgehead atoms. The van der Waals surface area contributed by atoms with Crippen LogP contribution < -0.4 is 14.8 Å². The standard InChI is InChI=1S/C20H21N5O6/c1-29-7-8-31-19-10-17(25(27)28)16(9-18(19)30-2)20(26)22-11-14-3-5-15(6-4-14)24-13-21-12-23-24/h3-6,9-10,12-13H,7-8,11H2,1-2H3,(H,22,26). The Morgan fingerprint density at radius 2 is 1.94 bits per heavy atom. The van der Waals surface area contributed by atoms with Gasteiger partial charge in [-0.25, -0.2) is 9.67 Å². The summed E-state index contributed by atoms with van der Waals surface area (Å²) in [5, 5.41) is 18.3. The number of nitrogens with zero attached hydrogens (tertiary/aromatic N) is 4. The number of carbonyl (C=O) groups excluding carboxylic acids is 1. The molecule has 0 aliphatic heterocycles. The van der Waals surface area contributed by atoms with Crippen molar-refractivity contribution in [2.75, 3.05) is 27.4 Å². The van der Waals surface area contributed by atoms with Crippen molar-refractivity contribution in [3.63, 3.8) is 0 Å². The highest BCUT2D eigenvalue weighted by Gasteiger charge is 2.24. The number of benzene rings is 2. The maximum Gasteiger partial charge on any atom is 0.286 e. The number of ether oxygens (including phenoxy) is 3. The lowest BCUT2D eigenvalue weighted by atomic mass is 10.1. The largest absolute Gasteiger partial charge is 0.493 e. The number of nitrogens with one attached hydrogen (secondary N) is 1. The van der Waals surface area contributed by atoms with E-state index in [-0.39, 0.29) is 35.9 Å². The van der Waals surface area contributed by atoms with Crippen molar-refractivity contribution in [2.24, 2.45) is 0 Å². The first-order valence-electron chi connectivity index (χ1n) is 9.23. The summed E-state index contributed by atoms with van der Waals surface area (Å²) < 4.78 is 17.2. The summed E-state index contributed by atoms with van der Waals surface area (Å²) in [5.41, 5.74) is 1.12. The molecule has 0 aliphatic rings. The van der Waals surface area contributed by atoms with E-state index >= 15 is 0 Å². The highest BCUT2D eigenvalue weighted by Crippen LogP contribution is 2.34. The molecule has 1 amide bonds. The van der Waals surface area contributed by atoms with E-state index in [9.17, 15) is 14.9 Å². The molecule has 31 heavy (non-hydrogen) atoms. The van der Waals surface area contributed by atoms with Crippen LogP contribution in [0.15, 0.2) is 49.1 Å². The predicted octanol–water partition coefficient (Wildman–Crippen LogP) is 2.14. The number of rotatable bonds is 10. The maximum atomic E-state index is 12.7. The fourth-order valence-electron chi connectivity index (χ4n) is 2.78. The van der Waals surface area contributed by atoms with Gasteiger partial charge >= 0.3 is 0 Å². The lowest BCUT2D eigenvalue weighted by Gasteiger charge is -2.13. The molecule has 3 aromatic rings. The van der Waals surface area contributed by atoms with Crippen molar-refractivity contribution in [2.45, 2.75) is 6.54 Å². The predicted molar refractivity (Wildman–Crippen MR) is 110 cm³/mol. The summed E-state index contributed by atoms with van der Waals surface area (Å²) in [5.74, 6) is -0.232. The van der Waals surface area contributed by atoms with Crippen LogP contribution in [-0.2, 0) is 11.3 Å². The minimum atomic E-state index is -0.634. The van der Waals surface area contributed by atoms with Gasteiger partial charge < -0.3 is 19.5 Å². The van der Waals surface area contributed by atoms with E-state index in [1.165, 1.54) is 32.7 Å². The summed E-state index contributed by atoms with van der Waals surface area (Å²) in [6.45, 7) is 0.664. The zero-order chi connectivity index (χ0) is 22.2. The van der Waals surface area contributed by atoms with Crippen LogP contribution in [0.4, 0.5) is 5.69 Å². The number of hydrogen-bond acceptors (Lipinski definition) is 8. The van der Waals surface area contributed by atoms with Crippen molar-refractivity contribution in [1.29, 1.82) is 0 Å². The monoisotopic (exact) mass is 427 g/mol. The van der Waals surface area contributed by atoms with Crippen LogP contribution in [0.5, 0.6) is 11.5 Å². The van der Waals surface area contributed by atoms with Gasteiger partial charge in [-0.1, -0.05) is 12.1 Å². The second-order valence-corrected chi connectivity index (χ2v) is 6.31. The van der Waals surface area contributed by atoms with Gasteiger partial charge in [-0.3, -0.25) is 14.9 Å². The molecule has 0 saturated carbocycles. The van der Waals surface area contributed by atoms with Crippen molar-refractivity contribution >= 4 is 11.6 Å². The number of nitro benzene ring substituents is 1. The Bertz CT molecular complexity index is 1040. The summed E-state index contributed by atoms with van der Waals surface area (Å²) in [6, 6.07) is 9.76. The lowest BCUT2D eigenvalue weighted by Crippen LogP contribution is -2.24. The first kappa shape index (κ1) is 21.7. The molecule has 1 heterocycles. The molecule has 0 unspecified atom stereocenters. The van der Waals surface area contributed by atoms with E-state index in [0.717, 1.165) is 11.3 Å². The third-order valence-electron chi connectivity index (χ3n) is 4.34. The van der Waals surface area contributed by atoms with Crippen molar-refractivity contribution in [3.8, 4) is 17.2 Å². The molecule has 11 heteroatoms. The van der Waals surface area contributed by atoms with Gasteiger partial charge in [0.25, 0.3) is 11.6 Å². The smallest absolute Gasteiger partial charge is 0.286 e. The van der Waals surface area contributed by atoms with Gasteiger partial charge in [0.2, 0.25) is 0 Å². The number of nitro groups is 1. The number of carbonyl (C=O) groups is 1. The third kappa shape index (κ3) is 5.34. The van der Waals surface area contributed by atoms with E-state index in [0.29, 0.717) is 6.61 Å². The highest BCUT2D eigenvalue weighted by atomic mass is 16.6. The van der Waals surface area contributed by atoms with E-state index in [1.54, 1.807) is 11.0 Å². The Hall–Kier alpha value is -3.99. The van der Waals surface area contributed by atoms with E-state index in [1.807, 2.05) is 24.3 Å². The van der Waals surface area contributed by atoms with Gasteiger partial charge in [0, 0.05) is 19.7 Å². The average molecular weight is 427 g/mol. The second-order valence-electron chi connectivity index (χ2n) is 6.31. The number of amides is 1. The number of methoxy groups -OCH3 is 2. The number of aromatic nitrogens is 3. The van der Waals surface area contributed by atoms with Gasteiger partial charge in [0.05, 0.1) is 30.4 Å². The molecule has 0 saturated heterocycles. The summed E-state index contributed by atoms with van der Waals surface area (Å²) in [6.07, 6.45) is 3.01. The SMILES string of the molecule is COCCOc1cc([N+](=O)[O-])c(C(=O)NCc2ccc(-n3cncn3)cc2)cc1OC. The molecule has 3 rings (SSSR count). The van der Waals surface area contributed by atoms with Gasteiger partial charge in [-0.15, -0.1) is 0 Å². The average Bonchev–Trinajstić information content (AvgIpc) is 3.32. The summed E-state index contributed by atoms with van der Waals surface area (Å²) in [4.78, 5) is 27.5. The van der Waals surface area contributed by atoms with Crippen LogP contribution in [0.25, 0.3) is 5.69 Å². The molecular weight excluding hydrogens is 406 g/mol. The summed E-state index contributed by atoms with van der Waals surface area (Å²) >= 11 is 0. The Morgan fingerprint density at radius 1 is 1.16 bits per heavy atom. The maximum absolute atomic E-state index is 12.7. The van der Waals surface area contributed by atoms with Gasteiger partial charge in [0.1, 0.15) is 24.8 Å². The fourth-order valence-corrected chi connectivity index (χ4v) is 2.78. The number of hydrogen-bond donors (Lipinski definition) is 1. The Kier molecular flexibility index (Phi) is 7.12. The highest BCUT2D eigenvalue weighted by molar-refractivity contribution is 5.99. The Balaban J connectivity index is 1.74. The quantitative estimate of drug-likeness (QED) is 0.296. The fraction of sp³-hybridized carbons (Fsp3) is 0.250. The molecule has 1 N–H and O–H groups in total. The third-order valence-corrected chi connectivity index (χ3v) is 4.34. The topological polar surface area (TPSA) is 131 Å². The molecular formula is C20H21N5O6. The van der Waals surface area contributed by atoms with E-state index in [4.69, 9.17) is 14.2 Å². The van der Waals surface area contributed by atoms with Crippen LogP contribution in [-0.4, -0.2) is 53.0 Å². The van der Waals surface area contributed by atoms with Crippen LogP contribution in [0.2, 0.25) is 0 Å². The van der Waals surface area contributed by atoms with Crippen molar-refractivity contribution in [1.82, 2.24) is 20.1 Å². The van der Waals surface area contributed by atoms with Crippen molar-refractivity contribution < 1.29 is 23.9 Å². The zero-order valence-electron chi connectivity index (χ0n) is 17.0. The van der Waals surface area contributed by atoms with Crippen LogP contribution in [0.3, 0.4) is 0 Å². The first-order valence-corrected chi connectivity index (χ1v) is 9.23. The summed E-state index contributed by atoms with van der Waals surface area (Å²) in [7, 11) is 2.90. The van der Waals surface area contributed by atoms with Crippen LogP contribution in [0, 0.1) is 10.1 Å². The van der Waals surface area contributed by atoms with E-state index in [2.05, 4.69) is 15.4 Å². The normalized spacial score (nSPS) is 10.5. The molecule has 0 spiro atoms. The first-order chi connectivity index (χ1) is 15.0. The van der Waals surface area contributed by atoms with Crippen LogP contribution >= 0.6 is 0 Å². The molecule has 1 aromatic heterocycles. The molecule has 2 aromatic carbocycles. The Morgan fingerprint density at radius 3 is 2.55 bits per heavy atom. The van der Waals surface area contributed by atoms with Gasteiger partial charge in [-0.05, 0) is 17.7 Å². The minimum Gasteiger partial charge on any atom is -0.493 e. The lowest BCUT2D eigenvalue weighted by molar-refractivity contribution is -0.385.